The number of halogens is 1. The Balaban J connectivity index is 1.84. The number of benzene rings is 2. The first kappa shape index (κ1) is 14.6. The van der Waals surface area contributed by atoms with E-state index in [-0.39, 0.29) is 18.4 Å². The molecular weight excluding hydrogens is 272 g/mol. The van der Waals surface area contributed by atoms with E-state index in [9.17, 15) is 4.79 Å². The molecule has 0 spiro atoms. The summed E-state index contributed by atoms with van der Waals surface area (Å²) in [7, 11) is 0. The van der Waals surface area contributed by atoms with Gasteiger partial charge >= 0.3 is 0 Å². The van der Waals surface area contributed by atoms with Crippen molar-refractivity contribution in [3.05, 3.63) is 70.7 Å². The molecule has 0 aliphatic carbocycles. The van der Waals surface area contributed by atoms with Crippen LogP contribution in [0, 0.1) is 0 Å². The first-order chi connectivity index (χ1) is 9.65. The van der Waals surface area contributed by atoms with E-state index >= 15 is 0 Å². The zero-order valence-corrected chi connectivity index (χ0v) is 11.8. The molecule has 0 fully saturated rings. The fourth-order valence-corrected chi connectivity index (χ4v) is 2.15. The van der Waals surface area contributed by atoms with Crippen LogP contribution in [0.1, 0.15) is 23.6 Å². The molecule has 0 radical (unpaired) electrons. The van der Waals surface area contributed by atoms with Crippen molar-refractivity contribution >= 4 is 17.5 Å². The average Bonchev–Trinajstić information content (AvgIpc) is 2.46. The lowest BCUT2D eigenvalue weighted by atomic mass is 10.0. The van der Waals surface area contributed by atoms with Gasteiger partial charge in [-0.05, 0) is 23.3 Å². The Morgan fingerprint density at radius 3 is 2.60 bits per heavy atom. The van der Waals surface area contributed by atoms with E-state index in [0.717, 1.165) is 11.1 Å². The number of amides is 1. The molecule has 2 aromatic rings. The van der Waals surface area contributed by atoms with Gasteiger partial charge in [0.1, 0.15) is 0 Å². The minimum atomic E-state index is -0.282. The topological polar surface area (TPSA) is 55.1 Å². The average molecular weight is 289 g/mol. The second-order valence-electron chi connectivity index (χ2n) is 4.63. The van der Waals surface area contributed by atoms with Gasteiger partial charge in [-0.3, -0.25) is 4.79 Å². The predicted molar refractivity (Wildman–Crippen MR) is 81.3 cm³/mol. The monoisotopic (exact) mass is 288 g/mol. The number of nitrogens with two attached hydrogens (primary N) is 1. The van der Waals surface area contributed by atoms with Crippen LogP contribution in [0.15, 0.2) is 54.6 Å². The number of carbonyl (C=O) groups excluding carboxylic acids is 1. The van der Waals surface area contributed by atoms with Gasteiger partial charge < -0.3 is 11.1 Å². The van der Waals surface area contributed by atoms with Gasteiger partial charge in [-0.2, -0.15) is 0 Å². The molecule has 0 heterocycles. The van der Waals surface area contributed by atoms with Gasteiger partial charge in [-0.1, -0.05) is 54.1 Å². The van der Waals surface area contributed by atoms with Gasteiger partial charge in [0.25, 0.3) is 0 Å². The van der Waals surface area contributed by atoms with E-state index in [1.54, 1.807) is 6.07 Å². The smallest absolute Gasteiger partial charge is 0.222 e. The summed E-state index contributed by atoms with van der Waals surface area (Å²) in [5.41, 5.74) is 7.94. The second-order valence-corrected chi connectivity index (χ2v) is 5.06. The molecule has 104 valence electrons. The fraction of sp³-hybridized carbons (Fsp3) is 0.188. The molecule has 3 nitrogen and oxygen atoms in total. The first-order valence-corrected chi connectivity index (χ1v) is 6.84. The fourth-order valence-electron chi connectivity index (χ4n) is 1.94. The summed E-state index contributed by atoms with van der Waals surface area (Å²) in [6, 6.07) is 16.7. The van der Waals surface area contributed by atoms with Crippen molar-refractivity contribution in [2.75, 3.05) is 0 Å². The van der Waals surface area contributed by atoms with E-state index in [1.807, 2.05) is 48.5 Å². The van der Waals surface area contributed by atoms with Crippen LogP contribution in [0.5, 0.6) is 0 Å². The molecule has 3 N–H and O–H groups in total. The summed E-state index contributed by atoms with van der Waals surface area (Å²) >= 11 is 5.89. The summed E-state index contributed by atoms with van der Waals surface area (Å²) in [6.45, 7) is 0.459. The molecule has 2 aromatic carbocycles. The molecule has 0 aliphatic heterocycles. The van der Waals surface area contributed by atoms with Crippen LogP contribution in [-0.4, -0.2) is 5.91 Å². The van der Waals surface area contributed by atoms with Gasteiger partial charge in [0.15, 0.2) is 0 Å². The van der Waals surface area contributed by atoms with Gasteiger partial charge in [-0.25, -0.2) is 0 Å². The van der Waals surface area contributed by atoms with E-state index in [4.69, 9.17) is 17.3 Å². The molecule has 0 aromatic heterocycles. The normalized spacial score (nSPS) is 11.9. The highest BCUT2D eigenvalue weighted by Crippen LogP contribution is 2.13. The van der Waals surface area contributed by atoms with Gasteiger partial charge in [0.05, 0.1) is 0 Å². The van der Waals surface area contributed by atoms with Crippen molar-refractivity contribution in [3.63, 3.8) is 0 Å². The van der Waals surface area contributed by atoms with E-state index in [2.05, 4.69) is 5.32 Å². The first-order valence-electron chi connectivity index (χ1n) is 6.47. The minimum Gasteiger partial charge on any atom is -0.352 e. The molecule has 0 bridgehead atoms. The maximum absolute atomic E-state index is 11.9. The van der Waals surface area contributed by atoms with Crippen LogP contribution in [-0.2, 0) is 11.3 Å². The van der Waals surface area contributed by atoms with E-state index in [1.165, 1.54) is 0 Å². The van der Waals surface area contributed by atoms with Crippen LogP contribution >= 0.6 is 11.6 Å². The minimum absolute atomic E-state index is 0.0682. The summed E-state index contributed by atoms with van der Waals surface area (Å²) in [5.74, 6) is -0.0682. The van der Waals surface area contributed by atoms with Crippen molar-refractivity contribution in [1.82, 2.24) is 5.32 Å². The molecule has 0 saturated heterocycles. The van der Waals surface area contributed by atoms with Crippen molar-refractivity contribution < 1.29 is 4.79 Å². The quantitative estimate of drug-likeness (QED) is 0.888. The molecule has 0 aliphatic rings. The lowest BCUT2D eigenvalue weighted by Gasteiger charge is -2.12. The highest BCUT2D eigenvalue weighted by Gasteiger charge is 2.10. The Hall–Kier alpha value is -1.84. The van der Waals surface area contributed by atoms with Crippen molar-refractivity contribution in [2.45, 2.75) is 19.0 Å². The molecule has 0 saturated carbocycles. The maximum atomic E-state index is 11.9. The Labute approximate surface area is 123 Å². The van der Waals surface area contributed by atoms with E-state index < -0.39 is 0 Å². The summed E-state index contributed by atoms with van der Waals surface area (Å²) in [5, 5.41) is 3.51. The lowest BCUT2D eigenvalue weighted by molar-refractivity contribution is -0.121. The van der Waals surface area contributed by atoms with Crippen molar-refractivity contribution in [3.8, 4) is 0 Å². The Kier molecular flexibility index (Phi) is 5.16. The maximum Gasteiger partial charge on any atom is 0.222 e. The predicted octanol–water partition coefficient (Wildman–Crippen LogP) is 3.05. The molecule has 4 heteroatoms. The molecule has 2 rings (SSSR count). The largest absolute Gasteiger partial charge is 0.352 e. The Morgan fingerprint density at radius 1 is 1.15 bits per heavy atom. The van der Waals surface area contributed by atoms with Crippen LogP contribution < -0.4 is 11.1 Å². The summed E-state index contributed by atoms with van der Waals surface area (Å²) in [4.78, 5) is 11.9. The highest BCUT2D eigenvalue weighted by molar-refractivity contribution is 6.30. The molecule has 1 atom stereocenters. The standard InChI is InChI=1S/C16H17ClN2O/c17-14-8-4-5-12(9-14)11-19-16(20)10-15(18)13-6-2-1-3-7-13/h1-9,15H,10-11,18H2,(H,19,20). The van der Waals surface area contributed by atoms with Gasteiger partial charge in [-0.15, -0.1) is 0 Å². The number of rotatable bonds is 5. The van der Waals surface area contributed by atoms with Crippen molar-refractivity contribution in [2.24, 2.45) is 5.73 Å². The third kappa shape index (κ3) is 4.37. The number of carbonyl (C=O) groups is 1. The number of nitrogens with one attached hydrogen (secondary N) is 1. The third-order valence-corrected chi connectivity index (χ3v) is 3.25. The van der Waals surface area contributed by atoms with Crippen molar-refractivity contribution in [1.29, 1.82) is 0 Å². The SMILES string of the molecule is NC(CC(=O)NCc1cccc(Cl)c1)c1ccccc1. The zero-order chi connectivity index (χ0) is 14.4. The molecular formula is C16H17ClN2O. The zero-order valence-electron chi connectivity index (χ0n) is 11.1. The van der Waals surface area contributed by atoms with Crippen LogP contribution in [0.4, 0.5) is 0 Å². The highest BCUT2D eigenvalue weighted by atomic mass is 35.5. The van der Waals surface area contributed by atoms with Crippen LogP contribution in [0.3, 0.4) is 0 Å². The number of hydrogen-bond donors (Lipinski definition) is 2. The molecule has 1 amide bonds. The molecule has 20 heavy (non-hydrogen) atoms. The lowest BCUT2D eigenvalue weighted by Crippen LogP contribution is -2.27. The van der Waals surface area contributed by atoms with Crippen LogP contribution in [0.2, 0.25) is 5.02 Å². The Bertz CT molecular complexity index is 572. The summed E-state index contributed by atoms with van der Waals surface area (Å²) in [6.07, 6.45) is 0.268. The number of hydrogen-bond acceptors (Lipinski definition) is 2. The van der Waals surface area contributed by atoms with Crippen LogP contribution in [0.25, 0.3) is 0 Å². The Morgan fingerprint density at radius 2 is 1.90 bits per heavy atom. The molecule has 1 unspecified atom stereocenters. The van der Waals surface area contributed by atoms with Gasteiger partial charge in [0.2, 0.25) is 5.91 Å². The van der Waals surface area contributed by atoms with E-state index in [0.29, 0.717) is 11.6 Å². The summed E-state index contributed by atoms with van der Waals surface area (Å²) < 4.78 is 0. The second kappa shape index (κ2) is 7.08. The van der Waals surface area contributed by atoms with Gasteiger partial charge in [0, 0.05) is 24.0 Å². The third-order valence-electron chi connectivity index (χ3n) is 3.01.